The molecule has 8 heteroatoms. The number of likely N-dealkylation sites (N-methyl/N-ethyl adjacent to an activating group) is 1. The second-order valence-corrected chi connectivity index (χ2v) is 9.48. The summed E-state index contributed by atoms with van der Waals surface area (Å²) in [4.78, 5) is 30.3. The predicted molar refractivity (Wildman–Crippen MR) is 147 cm³/mol. The maximum Gasteiger partial charge on any atom is 0.255 e. The highest BCUT2D eigenvalue weighted by atomic mass is 16.1. The van der Waals surface area contributed by atoms with Crippen LogP contribution in [0.5, 0.6) is 0 Å². The molecule has 8 nitrogen and oxygen atoms in total. The zero-order chi connectivity index (χ0) is 25.8. The van der Waals surface area contributed by atoms with Gasteiger partial charge in [-0.3, -0.25) is 14.7 Å². The smallest absolute Gasteiger partial charge is 0.255 e. The summed E-state index contributed by atoms with van der Waals surface area (Å²) in [5, 5.41) is 3.03. The lowest BCUT2D eigenvalue weighted by Crippen LogP contribution is -2.43. The SMILES string of the molecule is Cc1cc(NC(=O)c2ccc(CN3CCN(C)CC3)cc2)ccc1-c1ccncc1-c1ccnc(N)n1. The van der Waals surface area contributed by atoms with E-state index in [9.17, 15) is 4.79 Å². The molecular weight excluding hydrogens is 462 g/mol. The number of hydrogen-bond donors (Lipinski definition) is 2. The highest BCUT2D eigenvalue weighted by Crippen LogP contribution is 2.33. The second kappa shape index (κ2) is 10.9. The number of aromatic nitrogens is 3. The second-order valence-electron chi connectivity index (χ2n) is 9.48. The minimum atomic E-state index is -0.126. The molecule has 1 aliphatic rings. The van der Waals surface area contributed by atoms with Crippen molar-refractivity contribution in [3.63, 3.8) is 0 Å². The highest BCUT2D eigenvalue weighted by Gasteiger charge is 2.15. The van der Waals surface area contributed by atoms with Crippen LogP contribution in [0.25, 0.3) is 22.4 Å². The average Bonchev–Trinajstić information content (AvgIpc) is 2.90. The number of pyridine rings is 1. The van der Waals surface area contributed by atoms with Crippen LogP contribution >= 0.6 is 0 Å². The third-order valence-electron chi connectivity index (χ3n) is 6.76. The van der Waals surface area contributed by atoms with Gasteiger partial charge >= 0.3 is 0 Å². The summed E-state index contributed by atoms with van der Waals surface area (Å²) in [6.07, 6.45) is 5.17. The van der Waals surface area contributed by atoms with Gasteiger partial charge in [-0.25, -0.2) is 9.97 Å². The van der Waals surface area contributed by atoms with Crippen LogP contribution in [0.2, 0.25) is 0 Å². The van der Waals surface area contributed by atoms with Crippen molar-refractivity contribution < 1.29 is 4.79 Å². The van der Waals surface area contributed by atoms with E-state index in [2.05, 4.69) is 37.1 Å². The van der Waals surface area contributed by atoms with Gasteiger partial charge in [0.05, 0.1) is 5.69 Å². The molecule has 5 rings (SSSR count). The summed E-state index contributed by atoms with van der Waals surface area (Å²) in [6, 6.07) is 17.6. The summed E-state index contributed by atoms with van der Waals surface area (Å²) in [5.74, 6) is 0.0915. The summed E-state index contributed by atoms with van der Waals surface area (Å²) in [5.41, 5.74) is 13.0. The molecule has 1 fully saturated rings. The maximum absolute atomic E-state index is 12.9. The van der Waals surface area contributed by atoms with E-state index in [-0.39, 0.29) is 11.9 Å². The first-order chi connectivity index (χ1) is 18.0. The maximum atomic E-state index is 12.9. The number of nitrogens with two attached hydrogens (primary N) is 1. The topological polar surface area (TPSA) is 100 Å². The van der Waals surface area contributed by atoms with E-state index in [0.29, 0.717) is 11.3 Å². The largest absolute Gasteiger partial charge is 0.368 e. The third-order valence-corrected chi connectivity index (χ3v) is 6.76. The van der Waals surface area contributed by atoms with E-state index < -0.39 is 0 Å². The van der Waals surface area contributed by atoms with E-state index in [0.717, 1.165) is 60.7 Å². The normalized spacial score (nSPS) is 14.4. The van der Waals surface area contributed by atoms with Crippen molar-refractivity contribution in [3.8, 4) is 22.4 Å². The Labute approximate surface area is 217 Å². The Kier molecular flexibility index (Phi) is 7.20. The summed E-state index contributed by atoms with van der Waals surface area (Å²) < 4.78 is 0. The number of rotatable bonds is 6. The van der Waals surface area contributed by atoms with E-state index in [1.165, 1.54) is 5.56 Å². The van der Waals surface area contributed by atoms with Gasteiger partial charge in [0.25, 0.3) is 5.91 Å². The Hall–Kier alpha value is -4.14. The summed E-state index contributed by atoms with van der Waals surface area (Å²) >= 11 is 0. The number of carbonyl (C=O) groups is 1. The van der Waals surface area contributed by atoms with Crippen LogP contribution in [0.4, 0.5) is 11.6 Å². The van der Waals surface area contributed by atoms with Crippen molar-refractivity contribution >= 4 is 17.5 Å². The van der Waals surface area contributed by atoms with Crippen molar-refractivity contribution in [2.24, 2.45) is 0 Å². The number of nitrogens with one attached hydrogen (secondary N) is 1. The first kappa shape index (κ1) is 24.5. The molecule has 0 radical (unpaired) electrons. The number of carbonyl (C=O) groups excluding carboxylic acids is 1. The molecule has 1 amide bonds. The molecule has 0 bridgehead atoms. The molecule has 4 aromatic rings. The van der Waals surface area contributed by atoms with Gasteiger partial charge in [-0.15, -0.1) is 0 Å². The van der Waals surface area contributed by atoms with Crippen molar-refractivity contribution in [1.82, 2.24) is 24.8 Å². The molecule has 1 aliphatic heterocycles. The van der Waals surface area contributed by atoms with E-state index in [4.69, 9.17) is 5.73 Å². The van der Waals surface area contributed by atoms with Gasteiger partial charge in [0.1, 0.15) is 0 Å². The molecule has 0 atom stereocenters. The monoisotopic (exact) mass is 493 g/mol. The molecular formula is C29H31N7O. The highest BCUT2D eigenvalue weighted by molar-refractivity contribution is 6.04. The molecule has 0 aliphatic carbocycles. The number of amides is 1. The van der Waals surface area contributed by atoms with Gasteiger partial charge in [0.15, 0.2) is 0 Å². The predicted octanol–water partition coefficient (Wildman–Crippen LogP) is 4.10. The Morgan fingerprint density at radius 3 is 2.46 bits per heavy atom. The molecule has 188 valence electrons. The minimum absolute atomic E-state index is 0.126. The lowest BCUT2D eigenvalue weighted by Gasteiger charge is -2.32. The van der Waals surface area contributed by atoms with E-state index in [1.54, 1.807) is 18.6 Å². The van der Waals surface area contributed by atoms with Gasteiger partial charge < -0.3 is 16.0 Å². The van der Waals surface area contributed by atoms with E-state index >= 15 is 0 Å². The first-order valence-corrected chi connectivity index (χ1v) is 12.4. The quantitative estimate of drug-likeness (QED) is 0.417. The van der Waals surface area contributed by atoms with Crippen LogP contribution < -0.4 is 11.1 Å². The van der Waals surface area contributed by atoms with Crippen LogP contribution in [-0.2, 0) is 6.54 Å². The number of nitrogen functional groups attached to an aromatic ring is 1. The Morgan fingerprint density at radius 2 is 1.73 bits per heavy atom. The van der Waals surface area contributed by atoms with Crippen LogP contribution in [-0.4, -0.2) is 63.9 Å². The minimum Gasteiger partial charge on any atom is -0.368 e. The Morgan fingerprint density at radius 1 is 0.946 bits per heavy atom. The average molecular weight is 494 g/mol. The Bertz CT molecular complexity index is 1400. The van der Waals surface area contributed by atoms with Gasteiger partial charge in [-0.1, -0.05) is 18.2 Å². The van der Waals surface area contributed by atoms with Crippen molar-refractivity contribution in [2.45, 2.75) is 13.5 Å². The van der Waals surface area contributed by atoms with Gasteiger partial charge in [-0.05, 0) is 72.6 Å². The Balaban J connectivity index is 1.28. The fourth-order valence-electron chi connectivity index (χ4n) is 4.63. The van der Waals surface area contributed by atoms with Gasteiger partial charge in [0, 0.05) is 68.1 Å². The molecule has 2 aromatic heterocycles. The lowest BCUT2D eigenvalue weighted by molar-refractivity contribution is 0.102. The fourth-order valence-corrected chi connectivity index (χ4v) is 4.63. The van der Waals surface area contributed by atoms with Crippen LogP contribution in [0, 0.1) is 6.92 Å². The van der Waals surface area contributed by atoms with Crippen LogP contribution in [0.1, 0.15) is 21.5 Å². The molecule has 1 saturated heterocycles. The number of piperazine rings is 1. The van der Waals surface area contributed by atoms with Crippen LogP contribution in [0.3, 0.4) is 0 Å². The molecule has 37 heavy (non-hydrogen) atoms. The summed E-state index contributed by atoms with van der Waals surface area (Å²) in [6.45, 7) is 7.27. The van der Waals surface area contributed by atoms with Crippen molar-refractivity contribution in [3.05, 3.63) is 89.9 Å². The number of hydrogen-bond acceptors (Lipinski definition) is 7. The molecule has 3 N–H and O–H groups in total. The molecule has 0 spiro atoms. The van der Waals surface area contributed by atoms with Gasteiger partial charge in [-0.2, -0.15) is 0 Å². The van der Waals surface area contributed by atoms with Crippen molar-refractivity contribution in [2.75, 3.05) is 44.3 Å². The molecule has 0 saturated carbocycles. The molecule has 3 heterocycles. The number of benzene rings is 2. The molecule has 2 aromatic carbocycles. The zero-order valence-electron chi connectivity index (χ0n) is 21.2. The lowest BCUT2D eigenvalue weighted by atomic mass is 9.95. The fraction of sp³-hybridized carbons (Fsp3) is 0.241. The van der Waals surface area contributed by atoms with E-state index in [1.807, 2.05) is 61.5 Å². The first-order valence-electron chi connectivity index (χ1n) is 12.4. The standard InChI is InChI=1S/C29H31N7O/c1-20-17-23(7-8-24(20)25-9-11-31-18-26(25)27-10-12-32-29(30)34-27)33-28(37)22-5-3-21(4-6-22)19-36-15-13-35(2)14-16-36/h3-12,17-18H,13-16,19H2,1-2H3,(H,33,37)(H2,30,32,34). The van der Waals surface area contributed by atoms with Crippen molar-refractivity contribution in [1.29, 1.82) is 0 Å². The number of anilines is 2. The number of nitrogens with zero attached hydrogens (tertiary/aromatic N) is 5. The van der Waals surface area contributed by atoms with Gasteiger partial charge in [0.2, 0.25) is 5.95 Å². The number of aryl methyl sites for hydroxylation is 1. The molecule has 0 unspecified atom stereocenters. The summed E-state index contributed by atoms with van der Waals surface area (Å²) in [7, 11) is 2.16. The zero-order valence-corrected chi connectivity index (χ0v) is 21.2. The van der Waals surface area contributed by atoms with Crippen LogP contribution in [0.15, 0.2) is 73.2 Å². The third kappa shape index (κ3) is 5.82.